The van der Waals surface area contributed by atoms with E-state index in [1.807, 2.05) is 0 Å². The number of carbonyl (C=O) groups is 3. The highest BCUT2D eigenvalue weighted by Crippen LogP contribution is 2.19. The van der Waals surface area contributed by atoms with Gasteiger partial charge >= 0.3 is 5.97 Å². The molecule has 0 aliphatic carbocycles. The van der Waals surface area contributed by atoms with Crippen LogP contribution in [-0.4, -0.2) is 43.6 Å². The van der Waals surface area contributed by atoms with Gasteiger partial charge in [0.2, 0.25) is 0 Å². The minimum atomic E-state index is -0.652. The van der Waals surface area contributed by atoms with E-state index in [9.17, 15) is 14.4 Å². The third kappa shape index (κ3) is 5.20. The van der Waals surface area contributed by atoms with Crippen LogP contribution in [0.5, 0.6) is 0 Å². The third-order valence-electron chi connectivity index (χ3n) is 4.35. The number of amides is 2. The van der Waals surface area contributed by atoms with Crippen molar-refractivity contribution in [3.8, 4) is 0 Å². The van der Waals surface area contributed by atoms with Gasteiger partial charge in [0.15, 0.2) is 12.4 Å². The highest BCUT2D eigenvalue weighted by atomic mass is 16.5. The summed E-state index contributed by atoms with van der Waals surface area (Å²) < 4.78 is 15.5. The number of carbonyl (C=O) groups excluding carboxylic acids is 3. The van der Waals surface area contributed by atoms with Crippen LogP contribution in [0, 0.1) is 6.92 Å². The maximum atomic E-state index is 12.2. The predicted octanol–water partition coefficient (Wildman–Crippen LogP) is 2.29. The number of ether oxygens (including phenoxy) is 2. The van der Waals surface area contributed by atoms with Crippen LogP contribution < -0.4 is 10.6 Å². The molecule has 1 fully saturated rings. The molecule has 1 aliphatic heterocycles. The average Bonchev–Trinajstić information content (AvgIpc) is 3.40. The van der Waals surface area contributed by atoms with E-state index in [2.05, 4.69) is 10.6 Å². The number of benzene rings is 1. The summed E-state index contributed by atoms with van der Waals surface area (Å²) in [5.41, 5.74) is 1.46. The van der Waals surface area contributed by atoms with Gasteiger partial charge in [0.25, 0.3) is 11.8 Å². The number of anilines is 1. The van der Waals surface area contributed by atoms with Crippen LogP contribution in [-0.2, 0) is 14.3 Å². The lowest BCUT2D eigenvalue weighted by atomic mass is 10.1. The zero-order chi connectivity index (χ0) is 19.9. The van der Waals surface area contributed by atoms with Crippen molar-refractivity contribution in [2.75, 3.05) is 25.1 Å². The minimum absolute atomic E-state index is 0.0251. The summed E-state index contributed by atoms with van der Waals surface area (Å²) in [6.07, 6.45) is 3.33. The molecule has 1 saturated heterocycles. The van der Waals surface area contributed by atoms with Gasteiger partial charge in [-0.2, -0.15) is 0 Å². The Bertz CT molecular complexity index is 840. The van der Waals surface area contributed by atoms with E-state index >= 15 is 0 Å². The van der Waals surface area contributed by atoms with Gasteiger partial charge in [0, 0.05) is 18.8 Å². The molecule has 2 N–H and O–H groups in total. The fourth-order valence-corrected chi connectivity index (χ4v) is 2.77. The van der Waals surface area contributed by atoms with E-state index < -0.39 is 11.9 Å². The predicted molar refractivity (Wildman–Crippen MR) is 100 cm³/mol. The van der Waals surface area contributed by atoms with Crippen molar-refractivity contribution >= 4 is 23.5 Å². The van der Waals surface area contributed by atoms with Crippen molar-refractivity contribution < 1.29 is 28.3 Å². The summed E-state index contributed by atoms with van der Waals surface area (Å²) in [5, 5.41) is 5.38. The first-order valence-electron chi connectivity index (χ1n) is 9.04. The van der Waals surface area contributed by atoms with Crippen molar-refractivity contribution in [1.82, 2.24) is 5.32 Å². The molecule has 3 rings (SSSR count). The quantitative estimate of drug-likeness (QED) is 0.707. The SMILES string of the molecule is Cc1ccc(C(=O)OCC(=O)NCC2CCCO2)cc1NC(=O)c1ccco1. The second-order valence-corrected chi connectivity index (χ2v) is 6.48. The molecule has 28 heavy (non-hydrogen) atoms. The highest BCUT2D eigenvalue weighted by Gasteiger charge is 2.18. The lowest BCUT2D eigenvalue weighted by Crippen LogP contribution is -2.34. The first-order chi connectivity index (χ1) is 13.5. The van der Waals surface area contributed by atoms with E-state index in [0.29, 0.717) is 18.8 Å². The Morgan fingerprint density at radius 3 is 2.82 bits per heavy atom. The standard InChI is InChI=1S/C20H22N2O6/c1-13-6-7-14(10-16(13)22-19(24)17-5-3-9-27-17)20(25)28-12-18(23)21-11-15-4-2-8-26-15/h3,5-7,9-10,15H,2,4,8,11-12H2,1H3,(H,21,23)(H,22,24). The first kappa shape index (κ1) is 19.6. The molecule has 2 aromatic rings. The molecule has 2 amide bonds. The summed E-state index contributed by atoms with van der Waals surface area (Å²) in [6, 6.07) is 7.91. The molecule has 8 nitrogen and oxygen atoms in total. The number of rotatable bonds is 7. The molecule has 0 saturated carbocycles. The second kappa shape index (κ2) is 9.18. The van der Waals surface area contributed by atoms with E-state index in [-0.39, 0.29) is 29.9 Å². The van der Waals surface area contributed by atoms with Crippen molar-refractivity contribution in [3.63, 3.8) is 0 Å². The number of furan rings is 1. The van der Waals surface area contributed by atoms with E-state index in [4.69, 9.17) is 13.9 Å². The Kier molecular flexibility index (Phi) is 6.44. The monoisotopic (exact) mass is 386 g/mol. The molecule has 0 spiro atoms. The minimum Gasteiger partial charge on any atom is -0.459 e. The molecule has 1 aromatic carbocycles. The largest absolute Gasteiger partial charge is 0.459 e. The van der Waals surface area contributed by atoms with Crippen LogP contribution in [0.15, 0.2) is 41.0 Å². The van der Waals surface area contributed by atoms with Gasteiger partial charge in [0.1, 0.15) is 0 Å². The first-order valence-corrected chi connectivity index (χ1v) is 9.04. The van der Waals surface area contributed by atoms with Crippen LogP contribution in [0.3, 0.4) is 0 Å². The summed E-state index contributed by atoms with van der Waals surface area (Å²) in [5.74, 6) is -1.30. The van der Waals surface area contributed by atoms with Crippen molar-refractivity contribution in [1.29, 1.82) is 0 Å². The molecule has 1 atom stereocenters. The normalized spacial score (nSPS) is 15.8. The Labute approximate surface area is 162 Å². The molecule has 1 aliphatic rings. The average molecular weight is 386 g/mol. The van der Waals surface area contributed by atoms with Crippen LogP contribution in [0.4, 0.5) is 5.69 Å². The molecular weight excluding hydrogens is 364 g/mol. The Hall–Kier alpha value is -3.13. The van der Waals surface area contributed by atoms with Gasteiger partial charge in [-0.05, 0) is 49.6 Å². The summed E-state index contributed by atoms with van der Waals surface area (Å²) in [7, 11) is 0. The lowest BCUT2D eigenvalue weighted by molar-refractivity contribution is -0.124. The molecule has 1 unspecified atom stereocenters. The maximum absolute atomic E-state index is 12.2. The molecule has 1 aromatic heterocycles. The lowest BCUT2D eigenvalue weighted by Gasteiger charge is -2.12. The fourth-order valence-electron chi connectivity index (χ4n) is 2.77. The van der Waals surface area contributed by atoms with Crippen LogP contribution in [0.2, 0.25) is 0 Å². The second-order valence-electron chi connectivity index (χ2n) is 6.48. The van der Waals surface area contributed by atoms with Crippen LogP contribution >= 0.6 is 0 Å². The zero-order valence-corrected chi connectivity index (χ0v) is 15.5. The number of nitrogens with one attached hydrogen (secondary N) is 2. The number of esters is 1. The molecular formula is C20H22N2O6. The van der Waals surface area contributed by atoms with Gasteiger partial charge in [-0.25, -0.2) is 4.79 Å². The van der Waals surface area contributed by atoms with Crippen molar-refractivity contribution in [2.45, 2.75) is 25.9 Å². The molecule has 0 bridgehead atoms. The Balaban J connectivity index is 1.53. The van der Waals surface area contributed by atoms with Gasteiger partial charge in [-0.3, -0.25) is 9.59 Å². The van der Waals surface area contributed by atoms with Crippen molar-refractivity contribution in [2.24, 2.45) is 0 Å². The van der Waals surface area contributed by atoms with Gasteiger partial charge < -0.3 is 24.5 Å². The van der Waals surface area contributed by atoms with E-state index in [0.717, 1.165) is 18.4 Å². The zero-order valence-electron chi connectivity index (χ0n) is 15.5. The van der Waals surface area contributed by atoms with Crippen LogP contribution in [0.25, 0.3) is 0 Å². The number of hydrogen-bond acceptors (Lipinski definition) is 6. The van der Waals surface area contributed by atoms with Gasteiger partial charge in [-0.1, -0.05) is 6.07 Å². The van der Waals surface area contributed by atoms with Crippen LogP contribution in [0.1, 0.15) is 39.3 Å². The third-order valence-corrected chi connectivity index (χ3v) is 4.35. The summed E-state index contributed by atoms with van der Waals surface area (Å²) in [4.78, 5) is 36.2. The topological polar surface area (TPSA) is 107 Å². The van der Waals surface area contributed by atoms with E-state index in [1.54, 1.807) is 25.1 Å². The summed E-state index contributed by atoms with van der Waals surface area (Å²) in [6.45, 7) is 2.53. The van der Waals surface area contributed by atoms with E-state index in [1.165, 1.54) is 18.4 Å². The molecule has 8 heteroatoms. The molecule has 2 heterocycles. The Morgan fingerprint density at radius 2 is 2.11 bits per heavy atom. The van der Waals surface area contributed by atoms with Crippen molar-refractivity contribution in [3.05, 3.63) is 53.5 Å². The fraction of sp³-hybridized carbons (Fsp3) is 0.350. The smallest absolute Gasteiger partial charge is 0.338 e. The molecule has 148 valence electrons. The molecule has 0 radical (unpaired) electrons. The van der Waals surface area contributed by atoms with Gasteiger partial charge in [-0.15, -0.1) is 0 Å². The summed E-state index contributed by atoms with van der Waals surface area (Å²) >= 11 is 0. The number of hydrogen-bond donors (Lipinski definition) is 2. The maximum Gasteiger partial charge on any atom is 0.338 e. The number of aryl methyl sites for hydroxylation is 1. The van der Waals surface area contributed by atoms with Gasteiger partial charge in [0.05, 0.1) is 17.9 Å². The highest BCUT2D eigenvalue weighted by molar-refractivity contribution is 6.03. The Morgan fingerprint density at radius 1 is 1.25 bits per heavy atom.